The number of nitrogens with zero attached hydrogens (tertiary/aromatic N) is 1. The third-order valence-electron chi connectivity index (χ3n) is 6.48. The highest BCUT2D eigenvalue weighted by Crippen LogP contribution is 2.31. The average Bonchev–Trinajstić information content (AvgIpc) is 3.10. The minimum absolute atomic E-state index is 0.0981. The fraction of sp³-hybridized carbons (Fsp3) is 0.500. The summed E-state index contributed by atoms with van der Waals surface area (Å²) in [4.78, 5) is 39.5. The number of halogens is 2. The zero-order valence-electron chi connectivity index (χ0n) is 21.7. The fourth-order valence-electron chi connectivity index (χ4n) is 4.65. The lowest BCUT2D eigenvalue weighted by Crippen LogP contribution is -2.39. The predicted molar refractivity (Wildman–Crippen MR) is 134 cm³/mol. The monoisotopic (exact) mass is 537 g/mol. The van der Waals surface area contributed by atoms with Gasteiger partial charge in [-0.2, -0.15) is 8.78 Å². The van der Waals surface area contributed by atoms with E-state index in [4.69, 9.17) is 9.47 Å². The average molecular weight is 538 g/mol. The van der Waals surface area contributed by atoms with Crippen LogP contribution in [0.3, 0.4) is 0 Å². The predicted octanol–water partition coefficient (Wildman–Crippen LogP) is 1.46. The van der Waals surface area contributed by atoms with Gasteiger partial charge in [0.1, 0.15) is 24.4 Å². The topological polar surface area (TPSA) is 143 Å². The lowest BCUT2D eigenvalue weighted by molar-refractivity contribution is -0.0131. The molecule has 4 unspecified atom stereocenters. The van der Waals surface area contributed by atoms with Gasteiger partial charge in [0.2, 0.25) is 5.76 Å². The molecule has 0 spiro atoms. The number of aromatic nitrogens is 2. The summed E-state index contributed by atoms with van der Waals surface area (Å²) in [5, 5.41) is 24.0. The summed E-state index contributed by atoms with van der Waals surface area (Å²) < 4.78 is 39.4. The second kappa shape index (κ2) is 12.6. The number of aryl methyl sites for hydroxylation is 4. The molecule has 1 fully saturated rings. The molecule has 0 bridgehead atoms. The number of rotatable bonds is 10. The third kappa shape index (κ3) is 6.62. The number of aromatic amines is 1. The molecule has 0 aliphatic carbocycles. The van der Waals surface area contributed by atoms with E-state index in [0.29, 0.717) is 29.5 Å². The van der Waals surface area contributed by atoms with Crippen LogP contribution in [0.1, 0.15) is 45.5 Å². The highest BCUT2D eigenvalue weighted by molar-refractivity contribution is 5.93. The van der Waals surface area contributed by atoms with Crippen LogP contribution in [-0.4, -0.2) is 63.7 Å². The fourth-order valence-corrected chi connectivity index (χ4v) is 4.65. The highest BCUT2D eigenvalue weighted by atomic mass is 19.3. The Morgan fingerprint density at radius 3 is 2.39 bits per heavy atom. The van der Waals surface area contributed by atoms with Crippen LogP contribution in [0, 0.1) is 20.8 Å². The van der Waals surface area contributed by atoms with Crippen molar-refractivity contribution in [3.05, 3.63) is 78.8 Å². The van der Waals surface area contributed by atoms with Crippen LogP contribution < -0.4 is 16.6 Å². The van der Waals surface area contributed by atoms with Crippen LogP contribution in [0.5, 0.6) is 0 Å². The van der Waals surface area contributed by atoms with Crippen molar-refractivity contribution in [1.29, 1.82) is 0 Å². The maximum absolute atomic E-state index is 13.9. The van der Waals surface area contributed by atoms with Crippen LogP contribution in [0.4, 0.5) is 8.78 Å². The quantitative estimate of drug-likeness (QED) is 0.203. The molecule has 0 radical (unpaired) electrons. The largest absolute Gasteiger partial charge is 0.419 e. The van der Waals surface area contributed by atoms with Gasteiger partial charge in [0.15, 0.2) is 0 Å². The van der Waals surface area contributed by atoms with Crippen molar-refractivity contribution in [2.75, 3.05) is 13.6 Å². The summed E-state index contributed by atoms with van der Waals surface area (Å²) in [6.07, 6.45) is -5.93. The van der Waals surface area contributed by atoms with Crippen LogP contribution >= 0.6 is 0 Å². The Hall–Kier alpha value is -3.19. The first-order valence-electron chi connectivity index (χ1n) is 12.3. The van der Waals surface area contributed by atoms with Crippen LogP contribution in [0.15, 0.2) is 39.8 Å². The van der Waals surface area contributed by atoms with E-state index in [0.717, 1.165) is 23.1 Å². The van der Waals surface area contributed by atoms with E-state index in [1.165, 1.54) is 6.20 Å². The van der Waals surface area contributed by atoms with E-state index in [1.54, 1.807) is 26.0 Å². The number of carbonyl (C=O) groups is 1. The van der Waals surface area contributed by atoms with Gasteiger partial charge in [-0.25, -0.2) is 9.59 Å². The van der Waals surface area contributed by atoms with Crippen molar-refractivity contribution in [3.63, 3.8) is 0 Å². The Bertz CT molecular complexity index is 1290. The molecule has 208 valence electrons. The molecular formula is C26H33F2N3O7. The van der Waals surface area contributed by atoms with Gasteiger partial charge in [-0.1, -0.05) is 17.7 Å². The molecule has 3 rings (SSSR count). The molecule has 4 atom stereocenters. The second-order valence-corrected chi connectivity index (χ2v) is 9.49. The van der Waals surface area contributed by atoms with Crippen molar-refractivity contribution < 1.29 is 33.3 Å². The number of nitrogens with one attached hydrogen (secondary N) is 2. The first-order chi connectivity index (χ1) is 17.9. The van der Waals surface area contributed by atoms with Crippen LogP contribution in [-0.2, 0) is 22.4 Å². The maximum Gasteiger partial charge on any atom is 0.344 e. The molecule has 0 saturated carbocycles. The van der Waals surface area contributed by atoms with Crippen LogP contribution in [0.25, 0.3) is 0 Å². The van der Waals surface area contributed by atoms with Crippen molar-refractivity contribution in [3.8, 4) is 0 Å². The number of aliphatic hydroxyl groups excluding tert-OH is 2. The van der Waals surface area contributed by atoms with Gasteiger partial charge >= 0.3 is 17.7 Å². The van der Waals surface area contributed by atoms with Gasteiger partial charge in [0.25, 0.3) is 5.56 Å². The number of ether oxygens (including phenoxy) is 2. The van der Waals surface area contributed by atoms with Crippen molar-refractivity contribution >= 4 is 5.97 Å². The van der Waals surface area contributed by atoms with E-state index >= 15 is 0 Å². The smallest absolute Gasteiger partial charge is 0.344 e. The normalized spacial score (nSPS) is 20.9. The molecule has 1 aliphatic heterocycles. The lowest BCUT2D eigenvalue weighted by Gasteiger charge is -2.18. The summed E-state index contributed by atoms with van der Waals surface area (Å²) in [6.45, 7) is 5.52. The Morgan fingerprint density at radius 2 is 1.79 bits per heavy atom. The van der Waals surface area contributed by atoms with Gasteiger partial charge in [0, 0.05) is 11.8 Å². The summed E-state index contributed by atoms with van der Waals surface area (Å²) in [5.41, 5.74) is 1.03. The number of hydrogen-bond donors (Lipinski definition) is 4. The molecule has 4 N–H and O–H groups in total. The van der Waals surface area contributed by atoms with E-state index in [9.17, 15) is 33.4 Å². The zero-order valence-corrected chi connectivity index (χ0v) is 21.7. The molecular weight excluding hydrogens is 504 g/mol. The van der Waals surface area contributed by atoms with Gasteiger partial charge in [-0.15, -0.1) is 0 Å². The maximum atomic E-state index is 13.9. The summed E-state index contributed by atoms with van der Waals surface area (Å²) in [7, 11) is 1.81. The first kappa shape index (κ1) is 29.4. The Balaban J connectivity index is 1.80. The highest BCUT2D eigenvalue weighted by Gasteiger charge is 2.47. The van der Waals surface area contributed by atoms with E-state index in [-0.39, 0.29) is 12.1 Å². The molecule has 12 heteroatoms. The number of benzene rings is 1. The molecule has 2 heterocycles. The molecule has 0 amide bonds. The van der Waals surface area contributed by atoms with Gasteiger partial charge in [0.05, 0.1) is 12.1 Å². The minimum Gasteiger partial charge on any atom is -0.419 e. The number of hydrogen-bond acceptors (Lipinski definition) is 8. The zero-order chi connectivity index (χ0) is 28.1. The van der Waals surface area contributed by atoms with E-state index in [2.05, 4.69) is 10.3 Å². The van der Waals surface area contributed by atoms with Crippen molar-refractivity contribution in [2.45, 2.75) is 71.0 Å². The number of unbranched alkanes of at least 4 members (excludes halogenated alkanes) is 1. The molecule has 1 aromatic heterocycles. The van der Waals surface area contributed by atoms with E-state index in [1.807, 2.05) is 14.0 Å². The van der Waals surface area contributed by atoms with Gasteiger partial charge in [-0.05, 0) is 64.8 Å². The summed E-state index contributed by atoms with van der Waals surface area (Å²) >= 11 is 0. The first-order valence-corrected chi connectivity index (χ1v) is 12.3. The summed E-state index contributed by atoms with van der Waals surface area (Å²) in [5.74, 6) is -2.28. The lowest BCUT2D eigenvalue weighted by atomic mass is 10.00. The molecule has 1 saturated heterocycles. The molecule has 1 aliphatic rings. The van der Waals surface area contributed by atoms with Crippen LogP contribution in [0.2, 0.25) is 0 Å². The standard InChI is InChI=1S/C26H33F2N3O7/c1-13-9-14(2)18(15(3)10-13)25(35)38-22(23(27)28)21-20(33)19(32)17(37-21)12-31-11-16(7-5-6-8-29-4)24(34)30-26(31)36/h9-11,17,19-21,29,32-33H,5-8,12H2,1-4H3,(H,30,34,36). The number of esters is 1. The van der Waals surface area contributed by atoms with Crippen molar-refractivity contribution in [2.24, 2.45) is 0 Å². The SMILES string of the molecule is CNCCCCc1cn(CC2OC(C(OC(=O)c3c(C)cc(C)cc3C)=C(F)F)C(O)C2O)c(=O)[nH]c1=O. The Kier molecular flexibility index (Phi) is 9.71. The molecule has 10 nitrogen and oxygen atoms in total. The van der Waals surface area contributed by atoms with Gasteiger partial charge < -0.3 is 25.0 Å². The van der Waals surface area contributed by atoms with Crippen molar-refractivity contribution in [1.82, 2.24) is 14.9 Å². The summed E-state index contributed by atoms with van der Waals surface area (Å²) in [6, 6.07) is 3.41. The number of aliphatic hydroxyl groups is 2. The Morgan fingerprint density at radius 1 is 1.13 bits per heavy atom. The second-order valence-electron chi connectivity index (χ2n) is 9.49. The van der Waals surface area contributed by atoms with E-state index < -0.39 is 53.5 Å². The Labute approximate surface area is 217 Å². The third-order valence-corrected chi connectivity index (χ3v) is 6.48. The number of carbonyl (C=O) groups excluding carboxylic acids is 1. The minimum atomic E-state index is -2.40. The number of H-pyrrole nitrogens is 1. The van der Waals surface area contributed by atoms with Gasteiger partial charge in [-0.3, -0.25) is 14.3 Å². The molecule has 38 heavy (non-hydrogen) atoms. The molecule has 2 aromatic rings. The molecule has 1 aromatic carbocycles.